The topological polar surface area (TPSA) is 42.0 Å². The molecule has 2 aromatic rings. The van der Waals surface area contributed by atoms with E-state index in [0.717, 1.165) is 51.5 Å². The van der Waals surface area contributed by atoms with E-state index in [-0.39, 0.29) is 5.91 Å². The van der Waals surface area contributed by atoms with Crippen LogP contribution in [0.1, 0.15) is 23.2 Å². The van der Waals surface area contributed by atoms with Gasteiger partial charge in [0.25, 0.3) is 5.91 Å². The highest BCUT2D eigenvalue weighted by Crippen LogP contribution is 2.26. The molecule has 0 saturated carbocycles. The molecule has 2 aliphatic heterocycles. The number of para-hydroxylation sites is 2. The summed E-state index contributed by atoms with van der Waals surface area (Å²) in [5.41, 5.74) is 0.619. The molecule has 2 heterocycles. The molecule has 0 bridgehead atoms. The number of carbonyl (C=O) groups excluding carboxylic acids is 1. The van der Waals surface area contributed by atoms with E-state index in [9.17, 15) is 4.79 Å². The minimum absolute atomic E-state index is 0.0401. The van der Waals surface area contributed by atoms with Crippen molar-refractivity contribution >= 4 is 5.91 Å². The van der Waals surface area contributed by atoms with Crippen molar-refractivity contribution in [1.29, 1.82) is 0 Å². The Kier molecular flexibility index (Phi) is 5.70. The summed E-state index contributed by atoms with van der Waals surface area (Å²) in [6, 6.07) is 17.1. The number of nitrogens with zero attached hydrogens (tertiary/aromatic N) is 2. The van der Waals surface area contributed by atoms with Gasteiger partial charge in [-0.1, -0.05) is 30.3 Å². The number of benzene rings is 2. The van der Waals surface area contributed by atoms with Gasteiger partial charge >= 0.3 is 0 Å². The average Bonchev–Trinajstić information content (AvgIpc) is 3.22. The van der Waals surface area contributed by atoms with Crippen LogP contribution in [0.25, 0.3) is 0 Å². The molecule has 2 aliphatic rings. The second kappa shape index (κ2) is 8.55. The molecule has 0 aromatic heterocycles. The second-order valence-corrected chi connectivity index (χ2v) is 7.14. The largest absolute Gasteiger partial charge is 0.457 e. The van der Waals surface area contributed by atoms with Crippen molar-refractivity contribution in [1.82, 2.24) is 9.80 Å². The van der Waals surface area contributed by atoms with Crippen molar-refractivity contribution in [3.8, 4) is 11.5 Å². The molecule has 142 valence electrons. The highest BCUT2D eigenvalue weighted by atomic mass is 16.5. The summed E-state index contributed by atoms with van der Waals surface area (Å²) in [6.45, 7) is 5.15. The monoisotopic (exact) mass is 366 g/mol. The molecule has 0 N–H and O–H groups in total. The molecule has 1 atom stereocenters. The fourth-order valence-corrected chi connectivity index (χ4v) is 3.73. The van der Waals surface area contributed by atoms with E-state index in [1.807, 2.05) is 59.5 Å². The van der Waals surface area contributed by atoms with Crippen molar-refractivity contribution in [3.05, 3.63) is 60.2 Å². The molecular weight excluding hydrogens is 340 g/mol. The minimum atomic E-state index is 0.0401. The van der Waals surface area contributed by atoms with Gasteiger partial charge in [-0.3, -0.25) is 9.69 Å². The quantitative estimate of drug-likeness (QED) is 0.813. The Labute approximate surface area is 160 Å². The highest BCUT2D eigenvalue weighted by Gasteiger charge is 2.26. The number of hydrogen-bond acceptors (Lipinski definition) is 4. The highest BCUT2D eigenvalue weighted by molar-refractivity contribution is 5.97. The van der Waals surface area contributed by atoms with E-state index < -0.39 is 0 Å². The molecule has 1 amide bonds. The van der Waals surface area contributed by atoms with Gasteiger partial charge < -0.3 is 14.4 Å². The van der Waals surface area contributed by atoms with Gasteiger partial charge in [0.15, 0.2) is 0 Å². The van der Waals surface area contributed by atoms with Crippen molar-refractivity contribution < 1.29 is 14.3 Å². The predicted molar refractivity (Wildman–Crippen MR) is 104 cm³/mol. The van der Waals surface area contributed by atoms with Crippen molar-refractivity contribution in [2.45, 2.75) is 18.9 Å². The van der Waals surface area contributed by atoms with Crippen molar-refractivity contribution in [3.63, 3.8) is 0 Å². The van der Waals surface area contributed by atoms with Crippen LogP contribution in [0.3, 0.4) is 0 Å². The summed E-state index contributed by atoms with van der Waals surface area (Å²) in [5.74, 6) is 1.38. The molecule has 0 radical (unpaired) electrons. The normalized spacial score (nSPS) is 20.6. The third-order valence-corrected chi connectivity index (χ3v) is 5.23. The van der Waals surface area contributed by atoms with Crippen LogP contribution in [0.5, 0.6) is 11.5 Å². The van der Waals surface area contributed by atoms with E-state index in [2.05, 4.69) is 4.90 Å². The lowest BCUT2D eigenvalue weighted by atomic mass is 10.1. The Hall–Kier alpha value is -2.37. The Bertz CT molecular complexity index is 751. The first kappa shape index (κ1) is 18.0. The van der Waals surface area contributed by atoms with Crippen molar-refractivity contribution in [2.24, 2.45) is 0 Å². The number of amides is 1. The van der Waals surface area contributed by atoms with Crippen LogP contribution in [0.4, 0.5) is 0 Å². The van der Waals surface area contributed by atoms with E-state index >= 15 is 0 Å². The maximum atomic E-state index is 13.1. The van der Waals surface area contributed by atoms with Gasteiger partial charge in [-0.05, 0) is 37.1 Å². The Morgan fingerprint density at radius 2 is 1.74 bits per heavy atom. The Morgan fingerprint density at radius 3 is 2.48 bits per heavy atom. The molecule has 4 rings (SSSR count). The molecule has 2 aromatic carbocycles. The molecule has 27 heavy (non-hydrogen) atoms. The lowest BCUT2D eigenvalue weighted by molar-refractivity contribution is 0.0431. The summed E-state index contributed by atoms with van der Waals surface area (Å²) in [6.07, 6.45) is 2.69. The van der Waals surface area contributed by atoms with Crippen LogP contribution in [0.2, 0.25) is 0 Å². The SMILES string of the molecule is O=C(c1ccccc1Oc1ccccc1)N1CCN(C[C@@H]2CCCO2)CC1. The first-order valence-corrected chi connectivity index (χ1v) is 9.75. The van der Waals surface area contributed by atoms with Crippen LogP contribution in [0.15, 0.2) is 54.6 Å². The standard InChI is InChI=1S/C22H26N2O3/c25-22(24-14-12-23(13-15-24)17-19-9-6-16-26-19)20-10-4-5-11-21(20)27-18-7-2-1-3-8-18/h1-5,7-8,10-11,19H,6,9,12-17H2/t19-/m0/s1. The maximum absolute atomic E-state index is 13.1. The van der Waals surface area contributed by atoms with Crippen LogP contribution < -0.4 is 4.74 Å². The smallest absolute Gasteiger partial charge is 0.257 e. The lowest BCUT2D eigenvalue weighted by Crippen LogP contribution is -2.50. The molecule has 2 fully saturated rings. The molecule has 5 nitrogen and oxygen atoms in total. The summed E-state index contributed by atoms with van der Waals surface area (Å²) in [4.78, 5) is 17.4. The number of hydrogen-bond donors (Lipinski definition) is 0. The summed E-state index contributed by atoms with van der Waals surface area (Å²) in [5, 5.41) is 0. The zero-order chi connectivity index (χ0) is 18.5. The van der Waals surface area contributed by atoms with Gasteiger partial charge in [0.05, 0.1) is 11.7 Å². The fraction of sp³-hybridized carbons (Fsp3) is 0.409. The Balaban J connectivity index is 1.38. The molecular formula is C22H26N2O3. The van der Waals surface area contributed by atoms with Gasteiger partial charge in [-0.25, -0.2) is 0 Å². The fourth-order valence-electron chi connectivity index (χ4n) is 3.73. The van der Waals surface area contributed by atoms with Gasteiger partial charge in [-0.2, -0.15) is 0 Å². The van der Waals surface area contributed by atoms with E-state index in [1.54, 1.807) is 0 Å². The zero-order valence-electron chi connectivity index (χ0n) is 15.5. The van der Waals surface area contributed by atoms with Gasteiger partial charge in [0, 0.05) is 39.3 Å². The molecule has 2 saturated heterocycles. The van der Waals surface area contributed by atoms with Gasteiger partial charge in [0.2, 0.25) is 0 Å². The summed E-state index contributed by atoms with van der Waals surface area (Å²) in [7, 11) is 0. The molecule has 0 spiro atoms. The third-order valence-electron chi connectivity index (χ3n) is 5.23. The number of ether oxygens (including phenoxy) is 2. The molecule has 0 aliphatic carbocycles. The van der Waals surface area contributed by atoms with Crippen LogP contribution >= 0.6 is 0 Å². The first-order chi connectivity index (χ1) is 13.3. The maximum Gasteiger partial charge on any atom is 0.257 e. The lowest BCUT2D eigenvalue weighted by Gasteiger charge is -2.35. The van der Waals surface area contributed by atoms with E-state index in [1.165, 1.54) is 6.42 Å². The summed E-state index contributed by atoms with van der Waals surface area (Å²) >= 11 is 0. The second-order valence-electron chi connectivity index (χ2n) is 7.14. The third kappa shape index (κ3) is 4.49. The van der Waals surface area contributed by atoms with E-state index in [4.69, 9.17) is 9.47 Å². The van der Waals surface area contributed by atoms with Crippen LogP contribution in [-0.2, 0) is 4.74 Å². The Morgan fingerprint density at radius 1 is 1.00 bits per heavy atom. The van der Waals surface area contributed by atoms with E-state index in [0.29, 0.717) is 17.4 Å². The zero-order valence-corrected chi connectivity index (χ0v) is 15.5. The number of piperazine rings is 1. The predicted octanol–water partition coefficient (Wildman–Crippen LogP) is 3.42. The van der Waals surface area contributed by atoms with Crippen molar-refractivity contribution in [2.75, 3.05) is 39.3 Å². The number of rotatable bonds is 5. The minimum Gasteiger partial charge on any atom is -0.457 e. The average molecular weight is 366 g/mol. The van der Waals surface area contributed by atoms with Gasteiger partial charge in [-0.15, -0.1) is 0 Å². The van der Waals surface area contributed by atoms with Gasteiger partial charge in [0.1, 0.15) is 11.5 Å². The van der Waals surface area contributed by atoms with Crippen LogP contribution in [0, 0.1) is 0 Å². The first-order valence-electron chi connectivity index (χ1n) is 9.75. The number of carbonyl (C=O) groups is 1. The molecule has 5 heteroatoms. The molecule has 0 unspecified atom stereocenters. The van der Waals surface area contributed by atoms with Crippen LogP contribution in [-0.4, -0.2) is 61.1 Å². The summed E-state index contributed by atoms with van der Waals surface area (Å²) < 4.78 is 11.7.